The summed E-state index contributed by atoms with van der Waals surface area (Å²) in [4.78, 5) is 13.1. The van der Waals surface area contributed by atoms with Crippen molar-refractivity contribution < 1.29 is 9.90 Å². The summed E-state index contributed by atoms with van der Waals surface area (Å²) in [5.74, 6) is -0.560. The Balaban J connectivity index is 2.65. The third-order valence-corrected chi connectivity index (χ3v) is 2.88. The lowest BCUT2D eigenvalue weighted by Gasteiger charge is -2.31. The molecule has 0 unspecified atom stereocenters. The van der Waals surface area contributed by atoms with Crippen molar-refractivity contribution in [2.45, 2.75) is 33.2 Å². The predicted octanol–water partition coefficient (Wildman–Crippen LogP) is 1.44. The van der Waals surface area contributed by atoms with Gasteiger partial charge in [-0.3, -0.25) is 9.69 Å². The normalized spacial score (nSPS) is 30.8. The van der Waals surface area contributed by atoms with E-state index in [0.717, 1.165) is 6.54 Å². The van der Waals surface area contributed by atoms with Gasteiger partial charge in [0.05, 0.1) is 5.92 Å². The fraction of sp³-hybridized carbons (Fsp3) is 0.900. The van der Waals surface area contributed by atoms with Gasteiger partial charge in [0.25, 0.3) is 0 Å². The molecular formula is C10H19NO2. The number of carbonyl (C=O) groups is 1. The second-order valence-corrected chi connectivity index (χ2v) is 5.00. The van der Waals surface area contributed by atoms with Crippen molar-refractivity contribution in [1.82, 2.24) is 4.90 Å². The van der Waals surface area contributed by atoms with Crippen LogP contribution in [0, 0.1) is 11.8 Å². The maximum atomic E-state index is 10.9. The van der Waals surface area contributed by atoms with Crippen LogP contribution in [-0.4, -0.2) is 34.6 Å². The lowest BCUT2D eigenvalue weighted by Crippen LogP contribution is -2.40. The summed E-state index contributed by atoms with van der Waals surface area (Å²) in [5.41, 5.74) is 0.0957. The molecule has 0 bridgehead atoms. The van der Waals surface area contributed by atoms with Gasteiger partial charge >= 0.3 is 5.97 Å². The van der Waals surface area contributed by atoms with Crippen LogP contribution < -0.4 is 0 Å². The van der Waals surface area contributed by atoms with E-state index in [1.54, 1.807) is 0 Å². The standard InChI is InChI=1S/C10H19NO2/c1-7-5-11(10(2,3)4)6-8(7)9(12)13/h7-8H,5-6H2,1-4H3,(H,12,13)/t7-,8-/m1/s1. The van der Waals surface area contributed by atoms with E-state index in [1.807, 2.05) is 6.92 Å². The molecule has 1 saturated heterocycles. The van der Waals surface area contributed by atoms with Crippen LogP contribution in [0.2, 0.25) is 0 Å². The van der Waals surface area contributed by atoms with Crippen LogP contribution >= 0.6 is 0 Å². The van der Waals surface area contributed by atoms with E-state index in [1.165, 1.54) is 0 Å². The van der Waals surface area contributed by atoms with Crippen LogP contribution in [0.1, 0.15) is 27.7 Å². The van der Waals surface area contributed by atoms with Crippen LogP contribution in [0.3, 0.4) is 0 Å². The first-order chi connectivity index (χ1) is 5.82. The van der Waals surface area contributed by atoms with Gasteiger partial charge < -0.3 is 5.11 Å². The molecule has 2 atom stereocenters. The number of likely N-dealkylation sites (tertiary alicyclic amines) is 1. The molecule has 1 aliphatic rings. The van der Waals surface area contributed by atoms with Crippen LogP contribution in [0.5, 0.6) is 0 Å². The lowest BCUT2D eigenvalue weighted by molar-refractivity contribution is -0.142. The number of aliphatic carboxylic acids is 1. The van der Waals surface area contributed by atoms with E-state index in [2.05, 4.69) is 25.7 Å². The average molecular weight is 185 g/mol. The van der Waals surface area contributed by atoms with Gasteiger partial charge in [-0.1, -0.05) is 6.92 Å². The zero-order valence-corrected chi connectivity index (χ0v) is 8.87. The molecule has 3 nitrogen and oxygen atoms in total. The molecule has 3 heteroatoms. The van der Waals surface area contributed by atoms with Crippen LogP contribution in [0.25, 0.3) is 0 Å². The van der Waals surface area contributed by atoms with Crippen molar-refractivity contribution in [2.24, 2.45) is 11.8 Å². The van der Waals surface area contributed by atoms with Crippen LogP contribution in [0.15, 0.2) is 0 Å². The third-order valence-electron chi connectivity index (χ3n) is 2.88. The van der Waals surface area contributed by atoms with Crippen LogP contribution in [-0.2, 0) is 4.79 Å². The molecule has 0 amide bonds. The summed E-state index contributed by atoms with van der Waals surface area (Å²) in [7, 11) is 0. The van der Waals surface area contributed by atoms with Gasteiger partial charge in [-0.15, -0.1) is 0 Å². The molecule has 1 heterocycles. The molecule has 1 aliphatic heterocycles. The molecular weight excluding hydrogens is 166 g/mol. The van der Waals surface area contributed by atoms with E-state index < -0.39 is 5.97 Å². The highest BCUT2D eigenvalue weighted by Crippen LogP contribution is 2.28. The zero-order chi connectivity index (χ0) is 10.2. The number of rotatable bonds is 1. The van der Waals surface area contributed by atoms with Crippen molar-refractivity contribution in [3.8, 4) is 0 Å². The SMILES string of the molecule is C[C@@H]1CN(C(C)(C)C)C[C@H]1C(=O)O. The third kappa shape index (κ3) is 2.21. The molecule has 0 saturated carbocycles. The molecule has 0 aromatic heterocycles. The second kappa shape index (κ2) is 3.29. The molecule has 0 spiro atoms. The number of nitrogens with zero attached hydrogens (tertiary/aromatic N) is 1. The first kappa shape index (κ1) is 10.5. The fourth-order valence-electron chi connectivity index (χ4n) is 1.84. The van der Waals surface area contributed by atoms with Gasteiger partial charge in [0.2, 0.25) is 0 Å². The molecule has 0 aliphatic carbocycles. The summed E-state index contributed by atoms with van der Waals surface area (Å²) in [5, 5.41) is 8.94. The molecule has 1 rings (SSSR count). The van der Waals surface area contributed by atoms with Crippen molar-refractivity contribution in [3.05, 3.63) is 0 Å². The Labute approximate surface area is 79.7 Å². The predicted molar refractivity (Wildman–Crippen MR) is 51.6 cm³/mol. The maximum Gasteiger partial charge on any atom is 0.308 e. The Morgan fingerprint density at radius 2 is 1.92 bits per heavy atom. The fourth-order valence-corrected chi connectivity index (χ4v) is 1.84. The van der Waals surface area contributed by atoms with E-state index in [9.17, 15) is 4.79 Å². The first-order valence-electron chi connectivity index (χ1n) is 4.80. The van der Waals surface area contributed by atoms with E-state index in [0.29, 0.717) is 6.54 Å². The molecule has 1 N–H and O–H groups in total. The van der Waals surface area contributed by atoms with Gasteiger partial charge in [0.15, 0.2) is 0 Å². The highest BCUT2D eigenvalue weighted by molar-refractivity contribution is 5.71. The molecule has 76 valence electrons. The molecule has 0 aromatic rings. The van der Waals surface area contributed by atoms with Crippen molar-refractivity contribution in [3.63, 3.8) is 0 Å². The number of hydrogen-bond donors (Lipinski definition) is 1. The maximum absolute atomic E-state index is 10.9. The Bertz CT molecular complexity index is 207. The smallest absolute Gasteiger partial charge is 0.308 e. The first-order valence-corrected chi connectivity index (χ1v) is 4.80. The minimum absolute atomic E-state index is 0.0957. The monoisotopic (exact) mass is 185 g/mol. The van der Waals surface area contributed by atoms with Crippen molar-refractivity contribution in [1.29, 1.82) is 0 Å². The minimum atomic E-state index is -0.653. The molecule has 13 heavy (non-hydrogen) atoms. The highest BCUT2D eigenvalue weighted by Gasteiger charge is 2.38. The Morgan fingerprint density at radius 1 is 1.38 bits per heavy atom. The van der Waals surface area contributed by atoms with Gasteiger partial charge in [0, 0.05) is 18.6 Å². The second-order valence-electron chi connectivity index (χ2n) is 5.00. The highest BCUT2D eigenvalue weighted by atomic mass is 16.4. The van der Waals surface area contributed by atoms with Gasteiger partial charge in [-0.25, -0.2) is 0 Å². The summed E-state index contributed by atoms with van der Waals surface area (Å²) < 4.78 is 0. The molecule has 1 fully saturated rings. The number of carboxylic acids is 1. The van der Waals surface area contributed by atoms with E-state index >= 15 is 0 Å². The average Bonchev–Trinajstić information content (AvgIpc) is 2.29. The van der Waals surface area contributed by atoms with Gasteiger partial charge in [-0.05, 0) is 26.7 Å². The van der Waals surface area contributed by atoms with Crippen molar-refractivity contribution in [2.75, 3.05) is 13.1 Å². The summed E-state index contributed by atoms with van der Waals surface area (Å²) >= 11 is 0. The van der Waals surface area contributed by atoms with Crippen LogP contribution in [0.4, 0.5) is 0 Å². The molecule has 0 aromatic carbocycles. The zero-order valence-electron chi connectivity index (χ0n) is 8.87. The summed E-state index contributed by atoms with van der Waals surface area (Å²) in [6.45, 7) is 10.0. The lowest BCUT2D eigenvalue weighted by atomic mass is 9.99. The van der Waals surface area contributed by atoms with Gasteiger partial charge in [0.1, 0.15) is 0 Å². The number of carboxylic acid groups (broad SMARTS) is 1. The molecule has 0 radical (unpaired) electrons. The number of hydrogen-bond acceptors (Lipinski definition) is 2. The largest absolute Gasteiger partial charge is 0.481 e. The van der Waals surface area contributed by atoms with E-state index in [-0.39, 0.29) is 17.4 Å². The van der Waals surface area contributed by atoms with E-state index in [4.69, 9.17) is 5.11 Å². The quantitative estimate of drug-likeness (QED) is 0.672. The Morgan fingerprint density at radius 3 is 2.15 bits per heavy atom. The summed E-state index contributed by atoms with van der Waals surface area (Å²) in [6.07, 6.45) is 0. The summed E-state index contributed by atoms with van der Waals surface area (Å²) in [6, 6.07) is 0. The van der Waals surface area contributed by atoms with Crippen molar-refractivity contribution >= 4 is 5.97 Å². The Hall–Kier alpha value is -0.570. The Kier molecular flexibility index (Phi) is 2.66. The minimum Gasteiger partial charge on any atom is -0.481 e. The van der Waals surface area contributed by atoms with Gasteiger partial charge in [-0.2, -0.15) is 0 Å². The topological polar surface area (TPSA) is 40.5 Å².